The van der Waals surface area contributed by atoms with Crippen molar-refractivity contribution in [2.24, 2.45) is 0 Å². The summed E-state index contributed by atoms with van der Waals surface area (Å²) in [6, 6.07) is -2.70. The van der Waals surface area contributed by atoms with Crippen LogP contribution in [0.25, 0.3) is 0 Å². The lowest BCUT2D eigenvalue weighted by Gasteiger charge is -2.23. The average molecular weight is 288 g/mol. The van der Waals surface area contributed by atoms with Gasteiger partial charge in [-0.05, 0) is 12.8 Å². The van der Waals surface area contributed by atoms with E-state index in [-0.39, 0.29) is 0 Å². The maximum Gasteiger partial charge on any atom is 0.326 e. The number of carbonyl (C=O) groups is 3. The summed E-state index contributed by atoms with van der Waals surface area (Å²) in [6.45, 7) is 0. The summed E-state index contributed by atoms with van der Waals surface area (Å²) < 4.78 is 0. The van der Waals surface area contributed by atoms with Crippen LogP contribution in [0.5, 0.6) is 0 Å². The van der Waals surface area contributed by atoms with E-state index in [9.17, 15) is 19.5 Å². The molecule has 8 nitrogen and oxygen atoms in total. The van der Waals surface area contributed by atoms with Crippen LogP contribution < -0.4 is 10.6 Å². The molecule has 5 N–H and O–H groups in total. The molecule has 1 aliphatic rings. The Morgan fingerprint density at radius 1 is 1.10 bits per heavy atom. The van der Waals surface area contributed by atoms with Crippen LogP contribution in [0.15, 0.2) is 0 Å². The summed E-state index contributed by atoms with van der Waals surface area (Å²) in [4.78, 5) is 33.0. The molecule has 114 valence electrons. The van der Waals surface area contributed by atoms with Crippen LogP contribution in [0.1, 0.15) is 38.5 Å². The predicted molar refractivity (Wildman–Crippen MR) is 68.2 cm³/mol. The molecule has 1 rings (SSSR count). The molecule has 1 fully saturated rings. The van der Waals surface area contributed by atoms with Crippen molar-refractivity contribution < 1.29 is 29.7 Å². The third-order valence-corrected chi connectivity index (χ3v) is 3.28. The first kappa shape index (κ1) is 16.2. The highest BCUT2D eigenvalue weighted by Crippen LogP contribution is 2.17. The largest absolute Gasteiger partial charge is 0.481 e. The fourth-order valence-electron chi connectivity index (χ4n) is 2.20. The molecular formula is C12H20N2O6. The minimum atomic E-state index is -1.49. The van der Waals surface area contributed by atoms with E-state index in [1.165, 1.54) is 0 Å². The van der Waals surface area contributed by atoms with Gasteiger partial charge in [0.05, 0.1) is 18.6 Å². The Kier molecular flexibility index (Phi) is 6.23. The zero-order valence-corrected chi connectivity index (χ0v) is 11.0. The lowest BCUT2D eigenvalue weighted by molar-refractivity contribution is -0.145. The Hall–Kier alpha value is -1.83. The molecule has 2 amide bonds. The molecule has 20 heavy (non-hydrogen) atoms. The van der Waals surface area contributed by atoms with E-state index in [0.717, 1.165) is 19.3 Å². The highest BCUT2D eigenvalue weighted by molar-refractivity contribution is 5.86. The molecule has 0 aromatic carbocycles. The maximum atomic E-state index is 11.7. The number of urea groups is 1. The van der Waals surface area contributed by atoms with E-state index < -0.39 is 42.6 Å². The van der Waals surface area contributed by atoms with Crippen LogP contribution in [-0.4, -0.2) is 51.5 Å². The monoisotopic (exact) mass is 288 g/mol. The van der Waals surface area contributed by atoms with Crippen LogP contribution in [0.2, 0.25) is 0 Å². The van der Waals surface area contributed by atoms with E-state index in [0.29, 0.717) is 12.8 Å². The number of amides is 2. The van der Waals surface area contributed by atoms with Crippen molar-refractivity contribution in [3.63, 3.8) is 0 Å². The van der Waals surface area contributed by atoms with Crippen LogP contribution in [-0.2, 0) is 9.59 Å². The number of hydrogen-bond donors (Lipinski definition) is 5. The van der Waals surface area contributed by atoms with Gasteiger partial charge >= 0.3 is 18.0 Å². The van der Waals surface area contributed by atoms with Gasteiger partial charge in [-0.25, -0.2) is 9.59 Å². The van der Waals surface area contributed by atoms with Crippen LogP contribution in [0, 0.1) is 0 Å². The highest BCUT2D eigenvalue weighted by Gasteiger charge is 2.27. The second-order valence-corrected chi connectivity index (χ2v) is 4.92. The van der Waals surface area contributed by atoms with E-state index in [1.54, 1.807) is 0 Å². The molecule has 3 atom stereocenters. The van der Waals surface area contributed by atoms with Gasteiger partial charge < -0.3 is 26.0 Å². The molecule has 1 saturated carbocycles. The second-order valence-electron chi connectivity index (χ2n) is 4.92. The Morgan fingerprint density at radius 3 is 2.35 bits per heavy atom. The summed E-state index contributed by atoms with van der Waals surface area (Å²) >= 11 is 0. The van der Waals surface area contributed by atoms with Gasteiger partial charge in [-0.3, -0.25) is 4.79 Å². The summed E-state index contributed by atoms with van der Waals surface area (Å²) in [7, 11) is 0. The number of aliphatic hydroxyl groups is 1. The molecule has 0 aliphatic heterocycles. The molecule has 8 heteroatoms. The fourth-order valence-corrected chi connectivity index (χ4v) is 2.20. The Labute approximate surface area is 116 Å². The third-order valence-electron chi connectivity index (χ3n) is 3.28. The van der Waals surface area contributed by atoms with E-state index in [2.05, 4.69) is 10.6 Å². The number of carbonyl (C=O) groups excluding carboxylic acids is 1. The van der Waals surface area contributed by atoms with Crippen molar-refractivity contribution in [2.45, 2.75) is 56.7 Å². The maximum absolute atomic E-state index is 11.7. The Morgan fingerprint density at radius 2 is 1.75 bits per heavy atom. The molecule has 0 heterocycles. The number of aliphatic carboxylic acids is 2. The van der Waals surface area contributed by atoms with Gasteiger partial charge in [-0.2, -0.15) is 0 Å². The van der Waals surface area contributed by atoms with Crippen LogP contribution in [0.4, 0.5) is 4.79 Å². The van der Waals surface area contributed by atoms with Gasteiger partial charge in [0.25, 0.3) is 0 Å². The second kappa shape index (κ2) is 7.68. The number of hydrogen-bond acceptors (Lipinski definition) is 4. The standard InChI is InChI=1S/C12H20N2O6/c15-9-5-3-1-2-4-7(9)13-12(20)14-8(11(18)19)6-10(16)17/h7-9,15H,1-6H2,(H,16,17)(H,18,19)(H2,13,14,20). The third kappa shape index (κ3) is 5.43. The van der Waals surface area contributed by atoms with E-state index >= 15 is 0 Å². The zero-order valence-electron chi connectivity index (χ0n) is 11.0. The van der Waals surface area contributed by atoms with Gasteiger partial charge in [-0.1, -0.05) is 19.3 Å². The van der Waals surface area contributed by atoms with Gasteiger partial charge in [0.2, 0.25) is 0 Å². The van der Waals surface area contributed by atoms with Crippen LogP contribution >= 0.6 is 0 Å². The van der Waals surface area contributed by atoms with Gasteiger partial charge in [0.15, 0.2) is 0 Å². The molecule has 0 aromatic rings. The average Bonchev–Trinajstić information content (AvgIpc) is 2.53. The SMILES string of the molecule is O=C(O)CC(NC(=O)NC1CCCCCC1O)C(=O)O. The van der Waals surface area contributed by atoms with Crippen molar-refractivity contribution in [3.05, 3.63) is 0 Å². The summed E-state index contributed by atoms with van der Waals surface area (Å²) in [6.07, 6.45) is 2.58. The van der Waals surface area contributed by atoms with Gasteiger partial charge in [-0.15, -0.1) is 0 Å². The number of carboxylic acid groups (broad SMARTS) is 2. The first-order valence-electron chi connectivity index (χ1n) is 6.60. The smallest absolute Gasteiger partial charge is 0.326 e. The van der Waals surface area contributed by atoms with Crippen molar-refractivity contribution >= 4 is 18.0 Å². The molecule has 0 saturated heterocycles. The van der Waals surface area contributed by atoms with Crippen molar-refractivity contribution in [1.29, 1.82) is 0 Å². The van der Waals surface area contributed by atoms with Crippen molar-refractivity contribution in [1.82, 2.24) is 10.6 Å². The molecule has 0 radical (unpaired) electrons. The molecular weight excluding hydrogens is 268 g/mol. The summed E-state index contributed by atoms with van der Waals surface area (Å²) in [5, 5.41) is 31.8. The van der Waals surface area contributed by atoms with E-state index in [4.69, 9.17) is 10.2 Å². The molecule has 0 aromatic heterocycles. The lowest BCUT2D eigenvalue weighted by Crippen LogP contribution is -2.52. The minimum Gasteiger partial charge on any atom is -0.481 e. The highest BCUT2D eigenvalue weighted by atomic mass is 16.4. The number of aliphatic hydroxyl groups excluding tert-OH is 1. The fraction of sp³-hybridized carbons (Fsp3) is 0.750. The predicted octanol–water partition coefficient (Wildman–Crippen LogP) is -0.0929. The first-order chi connectivity index (χ1) is 9.40. The van der Waals surface area contributed by atoms with Crippen molar-refractivity contribution in [3.8, 4) is 0 Å². The lowest BCUT2D eigenvalue weighted by atomic mass is 10.1. The zero-order chi connectivity index (χ0) is 15.1. The number of nitrogens with one attached hydrogen (secondary N) is 2. The molecule has 1 aliphatic carbocycles. The Balaban J connectivity index is 2.51. The summed E-state index contributed by atoms with van der Waals surface area (Å²) in [5.74, 6) is -2.73. The Bertz CT molecular complexity index is 373. The van der Waals surface area contributed by atoms with Gasteiger partial charge in [0, 0.05) is 0 Å². The summed E-state index contributed by atoms with van der Waals surface area (Å²) in [5.41, 5.74) is 0. The first-order valence-corrected chi connectivity index (χ1v) is 6.60. The normalized spacial score (nSPS) is 24.2. The van der Waals surface area contributed by atoms with Gasteiger partial charge in [0.1, 0.15) is 6.04 Å². The number of rotatable bonds is 5. The minimum absolute atomic E-state index is 0.434. The van der Waals surface area contributed by atoms with E-state index in [1.807, 2.05) is 0 Å². The van der Waals surface area contributed by atoms with Crippen molar-refractivity contribution in [2.75, 3.05) is 0 Å². The van der Waals surface area contributed by atoms with Crippen LogP contribution in [0.3, 0.4) is 0 Å². The quantitative estimate of drug-likeness (QED) is 0.448. The molecule has 0 bridgehead atoms. The molecule has 3 unspecified atom stereocenters. The number of carboxylic acids is 2. The molecule has 0 spiro atoms. The topological polar surface area (TPSA) is 136 Å².